The molecule has 154 valence electrons. The van der Waals surface area contributed by atoms with Crippen LogP contribution in [0.3, 0.4) is 0 Å². The zero-order valence-electron chi connectivity index (χ0n) is 16.5. The predicted octanol–water partition coefficient (Wildman–Crippen LogP) is 1.22. The number of carbonyl (C=O) groups is 1. The van der Waals surface area contributed by atoms with Crippen molar-refractivity contribution in [2.75, 3.05) is 13.1 Å². The van der Waals surface area contributed by atoms with Gasteiger partial charge in [0, 0.05) is 55.4 Å². The smallest absolute Gasteiger partial charge is 0.252 e. The number of carbonyl (C=O) groups excluding carboxylic acids is 1. The monoisotopic (exact) mass is 417 g/mol. The van der Waals surface area contributed by atoms with Crippen LogP contribution in [-0.2, 0) is 23.6 Å². The Kier molecular flexibility index (Phi) is 5.85. The van der Waals surface area contributed by atoms with Crippen molar-refractivity contribution in [2.45, 2.75) is 25.3 Å². The molecule has 3 rings (SSSR count). The molecule has 0 radical (unpaired) electrons. The topological polar surface area (TPSA) is 117 Å². The van der Waals surface area contributed by atoms with Crippen molar-refractivity contribution in [3.63, 3.8) is 0 Å². The standard InChI is InChI=1S/C19H23N5O4S/c1-4-24(5-2)29(27,28)14-6-7-17-15(8-14)16(9-18(25)22-17)19(26)20-10-13-11-21-23(3)12-13/h6-9,11-12H,4-5,10H2,1-3H3,(H,20,26)(H,22,25). The van der Waals surface area contributed by atoms with Crippen LogP contribution in [0.25, 0.3) is 10.9 Å². The highest BCUT2D eigenvalue weighted by Gasteiger charge is 2.23. The van der Waals surface area contributed by atoms with Crippen LogP contribution in [0.15, 0.2) is 46.3 Å². The van der Waals surface area contributed by atoms with Gasteiger partial charge in [-0.2, -0.15) is 9.40 Å². The number of benzene rings is 1. The third-order valence-corrected chi connectivity index (χ3v) is 6.66. The maximum Gasteiger partial charge on any atom is 0.252 e. The Morgan fingerprint density at radius 1 is 1.24 bits per heavy atom. The van der Waals surface area contributed by atoms with E-state index in [0.717, 1.165) is 5.56 Å². The minimum Gasteiger partial charge on any atom is -0.348 e. The molecule has 0 atom stereocenters. The fraction of sp³-hybridized carbons (Fsp3) is 0.316. The number of rotatable bonds is 7. The molecule has 2 aromatic heterocycles. The third kappa shape index (κ3) is 4.22. The predicted molar refractivity (Wildman–Crippen MR) is 109 cm³/mol. The molecule has 0 fully saturated rings. The summed E-state index contributed by atoms with van der Waals surface area (Å²) in [5.74, 6) is -0.470. The number of hydrogen-bond acceptors (Lipinski definition) is 5. The molecular formula is C19H23N5O4S. The lowest BCUT2D eigenvalue weighted by Crippen LogP contribution is -2.30. The Morgan fingerprint density at radius 2 is 1.97 bits per heavy atom. The molecule has 29 heavy (non-hydrogen) atoms. The Labute approximate surface area is 168 Å². The molecule has 2 N–H and O–H groups in total. The lowest BCUT2D eigenvalue weighted by molar-refractivity contribution is 0.0952. The van der Waals surface area contributed by atoms with Crippen molar-refractivity contribution >= 4 is 26.8 Å². The fourth-order valence-corrected chi connectivity index (χ4v) is 4.62. The van der Waals surface area contributed by atoms with Gasteiger partial charge in [-0.3, -0.25) is 14.3 Å². The summed E-state index contributed by atoms with van der Waals surface area (Å²) in [6.45, 7) is 4.42. The van der Waals surface area contributed by atoms with Crippen molar-refractivity contribution in [3.8, 4) is 0 Å². The first-order valence-electron chi connectivity index (χ1n) is 9.19. The van der Waals surface area contributed by atoms with Crippen LogP contribution in [0, 0.1) is 0 Å². The van der Waals surface area contributed by atoms with Crippen molar-refractivity contribution in [2.24, 2.45) is 7.05 Å². The number of aromatic amines is 1. The average Bonchev–Trinajstić information content (AvgIpc) is 3.11. The van der Waals surface area contributed by atoms with Gasteiger partial charge in [-0.1, -0.05) is 13.8 Å². The van der Waals surface area contributed by atoms with Crippen molar-refractivity contribution in [1.29, 1.82) is 0 Å². The van der Waals surface area contributed by atoms with E-state index in [1.165, 1.54) is 28.6 Å². The zero-order valence-corrected chi connectivity index (χ0v) is 17.3. The van der Waals surface area contributed by atoms with E-state index in [9.17, 15) is 18.0 Å². The molecule has 1 aromatic carbocycles. The molecule has 0 aliphatic heterocycles. The second-order valence-electron chi connectivity index (χ2n) is 6.55. The normalized spacial score (nSPS) is 11.9. The van der Waals surface area contributed by atoms with E-state index in [2.05, 4.69) is 15.4 Å². The Hall–Kier alpha value is -2.98. The molecule has 0 bridgehead atoms. The van der Waals surface area contributed by atoms with Crippen molar-refractivity contribution < 1.29 is 13.2 Å². The van der Waals surface area contributed by atoms with E-state index in [1.807, 2.05) is 0 Å². The number of aromatic nitrogens is 3. The summed E-state index contributed by atoms with van der Waals surface area (Å²) < 4.78 is 28.6. The maximum atomic E-state index is 12.8. The number of H-pyrrole nitrogens is 1. The lowest BCUT2D eigenvalue weighted by Gasteiger charge is -2.19. The maximum absolute atomic E-state index is 12.8. The van der Waals surface area contributed by atoms with Gasteiger partial charge in [-0.05, 0) is 18.2 Å². The number of sulfonamides is 1. The molecule has 10 heteroatoms. The minimum atomic E-state index is -3.70. The van der Waals surface area contributed by atoms with Gasteiger partial charge in [0.15, 0.2) is 0 Å². The first-order chi connectivity index (χ1) is 13.8. The van der Waals surface area contributed by atoms with Crippen LogP contribution in [-0.4, -0.2) is 46.5 Å². The molecule has 0 unspecified atom stereocenters. The number of amides is 1. The molecule has 0 saturated carbocycles. The largest absolute Gasteiger partial charge is 0.348 e. The number of aryl methyl sites for hydroxylation is 1. The summed E-state index contributed by atoms with van der Waals surface area (Å²) >= 11 is 0. The van der Waals surface area contributed by atoms with E-state index in [0.29, 0.717) is 24.0 Å². The fourth-order valence-electron chi connectivity index (χ4n) is 3.13. The number of hydrogen-bond donors (Lipinski definition) is 2. The van der Waals surface area contributed by atoms with Gasteiger partial charge in [-0.15, -0.1) is 0 Å². The van der Waals surface area contributed by atoms with Gasteiger partial charge in [0.2, 0.25) is 15.6 Å². The molecular weight excluding hydrogens is 394 g/mol. The molecule has 9 nitrogen and oxygen atoms in total. The van der Waals surface area contributed by atoms with Crippen LogP contribution in [0.2, 0.25) is 0 Å². The van der Waals surface area contributed by atoms with Gasteiger partial charge in [0.05, 0.1) is 16.7 Å². The Balaban J connectivity index is 2.02. The first kappa shape index (κ1) is 20.7. The zero-order chi connectivity index (χ0) is 21.2. The molecule has 0 saturated heterocycles. The summed E-state index contributed by atoms with van der Waals surface area (Å²) in [5.41, 5.74) is 0.870. The summed E-state index contributed by atoms with van der Waals surface area (Å²) in [7, 11) is -1.93. The van der Waals surface area contributed by atoms with E-state index >= 15 is 0 Å². The Bertz CT molecular complexity index is 1210. The average molecular weight is 417 g/mol. The molecule has 2 heterocycles. The van der Waals surface area contributed by atoms with E-state index in [1.54, 1.807) is 38.0 Å². The molecule has 1 amide bonds. The first-order valence-corrected chi connectivity index (χ1v) is 10.6. The number of nitrogens with one attached hydrogen (secondary N) is 2. The highest BCUT2D eigenvalue weighted by Crippen LogP contribution is 2.23. The molecule has 0 aliphatic carbocycles. The molecule has 0 spiro atoms. The van der Waals surface area contributed by atoms with Crippen molar-refractivity contribution in [3.05, 3.63) is 58.1 Å². The van der Waals surface area contributed by atoms with Crippen LogP contribution < -0.4 is 10.9 Å². The summed E-state index contributed by atoms with van der Waals surface area (Å²) in [5, 5.41) is 7.15. The van der Waals surface area contributed by atoms with Crippen LogP contribution in [0.5, 0.6) is 0 Å². The number of pyridine rings is 1. The highest BCUT2D eigenvalue weighted by molar-refractivity contribution is 7.89. The molecule has 0 aliphatic rings. The van der Waals surface area contributed by atoms with Gasteiger partial charge in [-0.25, -0.2) is 8.42 Å². The SMILES string of the molecule is CCN(CC)S(=O)(=O)c1ccc2[nH]c(=O)cc(C(=O)NCc3cnn(C)c3)c2c1. The van der Waals surface area contributed by atoms with E-state index in [4.69, 9.17) is 0 Å². The quantitative estimate of drug-likeness (QED) is 0.599. The molecule has 3 aromatic rings. The second-order valence-corrected chi connectivity index (χ2v) is 8.49. The number of fused-ring (bicyclic) bond motifs is 1. The van der Waals surface area contributed by atoms with Crippen molar-refractivity contribution in [1.82, 2.24) is 24.4 Å². The van der Waals surface area contributed by atoms with E-state index < -0.39 is 21.5 Å². The third-order valence-electron chi connectivity index (χ3n) is 4.61. The Morgan fingerprint density at radius 3 is 2.59 bits per heavy atom. The van der Waals surface area contributed by atoms with Gasteiger partial charge in [0.25, 0.3) is 5.91 Å². The second kappa shape index (κ2) is 8.18. The summed E-state index contributed by atoms with van der Waals surface area (Å²) in [4.78, 5) is 27.5. The lowest BCUT2D eigenvalue weighted by atomic mass is 10.1. The highest BCUT2D eigenvalue weighted by atomic mass is 32.2. The van der Waals surface area contributed by atoms with Gasteiger partial charge in [0.1, 0.15) is 0 Å². The van der Waals surface area contributed by atoms with Gasteiger partial charge < -0.3 is 10.3 Å². The van der Waals surface area contributed by atoms with Crippen LogP contribution in [0.4, 0.5) is 0 Å². The van der Waals surface area contributed by atoms with Gasteiger partial charge >= 0.3 is 0 Å². The van der Waals surface area contributed by atoms with Crippen LogP contribution >= 0.6 is 0 Å². The summed E-state index contributed by atoms with van der Waals surface area (Å²) in [6, 6.07) is 5.54. The van der Waals surface area contributed by atoms with Crippen LogP contribution in [0.1, 0.15) is 29.8 Å². The van der Waals surface area contributed by atoms with E-state index in [-0.39, 0.29) is 17.0 Å². The number of nitrogens with zero attached hydrogens (tertiary/aromatic N) is 3. The summed E-state index contributed by atoms with van der Waals surface area (Å²) in [6.07, 6.45) is 3.40. The minimum absolute atomic E-state index is 0.0714.